The maximum Gasteiger partial charge on any atom is 0.252 e. The van der Waals surface area contributed by atoms with Gasteiger partial charge in [0.2, 0.25) is 0 Å². The average molecular weight is 282 g/mol. The number of rotatable bonds is 4. The number of nitrogens with one attached hydrogen (secondary N) is 1. The fourth-order valence-corrected chi connectivity index (χ4v) is 2.60. The highest BCUT2D eigenvalue weighted by Crippen LogP contribution is 2.16. The van der Waals surface area contributed by atoms with Crippen molar-refractivity contribution in [2.45, 2.75) is 33.9 Å². The smallest absolute Gasteiger partial charge is 0.252 e. The minimum absolute atomic E-state index is 0.0205. The van der Waals surface area contributed by atoms with Gasteiger partial charge in [-0.2, -0.15) is 0 Å². The molecule has 110 valence electrons. The highest BCUT2D eigenvalue weighted by atomic mass is 16.1. The van der Waals surface area contributed by atoms with Crippen LogP contribution in [0.4, 0.5) is 0 Å². The molecular formula is C18H22N2O. The van der Waals surface area contributed by atoms with E-state index in [0.717, 1.165) is 27.8 Å². The van der Waals surface area contributed by atoms with E-state index in [4.69, 9.17) is 5.73 Å². The normalized spacial score (nSPS) is 10.5. The molecule has 0 spiro atoms. The van der Waals surface area contributed by atoms with Gasteiger partial charge in [0, 0.05) is 18.7 Å². The predicted molar refractivity (Wildman–Crippen MR) is 86.2 cm³/mol. The topological polar surface area (TPSA) is 55.1 Å². The minimum Gasteiger partial charge on any atom is -0.348 e. The summed E-state index contributed by atoms with van der Waals surface area (Å²) in [7, 11) is 0. The second kappa shape index (κ2) is 6.55. The Labute approximate surface area is 126 Å². The molecule has 3 nitrogen and oxygen atoms in total. The van der Waals surface area contributed by atoms with Gasteiger partial charge in [0.1, 0.15) is 0 Å². The fraction of sp³-hybridized carbons (Fsp3) is 0.278. The van der Waals surface area contributed by atoms with Crippen molar-refractivity contribution < 1.29 is 4.79 Å². The second-order valence-corrected chi connectivity index (χ2v) is 5.48. The van der Waals surface area contributed by atoms with Gasteiger partial charge in [-0.25, -0.2) is 0 Å². The van der Waals surface area contributed by atoms with Crippen LogP contribution in [0.2, 0.25) is 0 Å². The van der Waals surface area contributed by atoms with Crippen LogP contribution in [0.5, 0.6) is 0 Å². The van der Waals surface area contributed by atoms with Crippen molar-refractivity contribution >= 4 is 5.91 Å². The van der Waals surface area contributed by atoms with Crippen LogP contribution in [0, 0.1) is 20.8 Å². The van der Waals surface area contributed by atoms with Gasteiger partial charge in [0.15, 0.2) is 0 Å². The number of amides is 1. The summed E-state index contributed by atoms with van der Waals surface area (Å²) in [6, 6.07) is 12.1. The van der Waals surface area contributed by atoms with E-state index in [1.165, 1.54) is 5.56 Å². The molecule has 3 N–H and O–H groups in total. The summed E-state index contributed by atoms with van der Waals surface area (Å²) in [6.07, 6.45) is 0. The lowest BCUT2D eigenvalue weighted by molar-refractivity contribution is 0.0949. The standard InChI is InChI=1S/C18H22N2O/c1-12-8-13(2)17(14(3)9-12)18(21)20-11-16-6-4-15(10-19)5-7-16/h4-9H,10-11,19H2,1-3H3,(H,20,21). The van der Waals surface area contributed by atoms with Gasteiger partial charge in [0.05, 0.1) is 0 Å². The van der Waals surface area contributed by atoms with E-state index in [1.807, 2.05) is 57.2 Å². The number of aryl methyl sites for hydroxylation is 3. The fourth-order valence-electron chi connectivity index (χ4n) is 2.60. The summed E-state index contributed by atoms with van der Waals surface area (Å²) in [4.78, 5) is 12.4. The Morgan fingerprint density at radius 2 is 1.52 bits per heavy atom. The predicted octanol–water partition coefficient (Wildman–Crippen LogP) is 3.00. The molecule has 0 aliphatic carbocycles. The lowest BCUT2D eigenvalue weighted by Gasteiger charge is -2.12. The van der Waals surface area contributed by atoms with Crippen LogP contribution in [0.1, 0.15) is 38.2 Å². The first-order valence-electron chi connectivity index (χ1n) is 7.15. The van der Waals surface area contributed by atoms with Crippen LogP contribution in [0.3, 0.4) is 0 Å². The van der Waals surface area contributed by atoms with Crippen LogP contribution in [-0.4, -0.2) is 5.91 Å². The minimum atomic E-state index is -0.0205. The zero-order valence-corrected chi connectivity index (χ0v) is 12.9. The van der Waals surface area contributed by atoms with E-state index in [1.54, 1.807) is 0 Å². The third-order valence-electron chi connectivity index (χ3n) is 3.62. The molecular weight excluding hydrogens is 260 g/mol. The van der Waals surface area contributed by atoms with Crippen molar-refractivity contribution in [3.8, 4) is 0 Å². The van der Waals surface area contributed by atoms with Gasteiger partial charge >= 0.3 is 0 Å². The number of nitrogens with two attached hydrogens (primary N) is 1. The Kier molecular flexibility index (Phi) is 4.76. The second-order valence-electron chi connectivity index (χ2n) is 5.48. The Morgan fingerprint density at radius 1 is 1.00 bits per heavy atom. The van der Waals surface area contributed by atoms with Crippen LogP contribution in [0.25, 0.3) is 0 Å². The number of carbonyl (C=O) groups excluding carboxylic acids is 1. The molecule has 2 aromatic carbocycles. The van der Waals surface area contributed by atoms with E-state index >= 15 is 0 Å². The van der Waals surface area contributed by atoms with Crippen molar-refractivity contribution in [2.24, 2.45) is 5.73 Å². The summed E-state index contributed by atoms with van der Waals surface area (Å²) in [5.41, 5.74) is 11.7. The van der Waals surface area contributed by atoms with Crippen molar-refractivity contribution in [1.29, 1.82) is 0 Å². The maximum absolute atomic E-state index is 12.4. The summed E-state index contributed by atoms with van der Waals surface area (Å²) in [5.74, 6) is -0.0205. The Morgan fingerprint density at radius 3 is 2.05 bits per heavy atom. The molecule has 0 aliphatic rings. The molecule has 0 bridgehead atoms. The molecule has 0 unspecified atom stereocenters. The number of hydrogen-bond acceptors (Lipinski definition) is 2. The number of benzene rings is 2. The summed E-state index contributed by atoms with van der Waals surface area (Å²) < 4.78 is 0. The Balaban J connectivity index is 2.08. The van der Waals surface area contributed by atoms with Crippen LogP contribution < -0.4 is 11.1 Å². The molecule has 0 aliphatic heterocycles. The average Bonchev–Trinajstić information content (AvgIpc) is 2.44. The van der Waals surface area contributed by atoms with Gasteiger partial charge in [0.25, 0.3) is 5.91 Å². The lowest BCUT2D eigenvalue weighted by atomic mass is 9.99. The van der Waals surface area contributed by atoms with Gasteiger partial charge in [-0.05, 0) is 43.0 Å². The molecule has 2 aromatic rings. The molecule has 0 saturated heterocycles. The van der Waals surface area contributed by atoms with Gasteiger partial charge in [-0.1, -0.05) is 42.0 Å². The third-order valence-corrected chi connectivity index (χ3v) is 3.62. The van der Waals surface area contributed by atoms with E-state index < -0.39 is 0 Å². The largest absolute Gasteiger partial charge is 0.348 e. The quantitative estimate of drug-likeness (QED) is 0.905. The molecule has 0 atom stereocenters. The van der Waals surface area contributed by atoms with Gasteiger partial charge < -0.3 is 11.1 Å². The van der Waals surface area contributed by atoms with Crippen molar-refractivity contribution in [3.05, 3.63) is 69.8 Å². The maximum atomic E-state index is 12.4. The number of carbonyl (C=O) groups is 1. The van der Waals surface area contributed by atoms with Gasteiger partial charge in [-0.3, -0.25) is 4.79 Å². The first-order chi connectivity index (χ1) is 10.0. The van der Waals surface area contributed by atoms with E-state index in [9.17, 15) is 4.79 Å². The SMILES string of the molecule is Cc1cc(C)c(C(=O)NCc2ccc(CN)cc2)c(C)c1. The van der Waals surface area contributed by atoms with Crippen LogP contribution >= 0.6 is 0 Å². The highest BCUT2D eigenvalue weighted by Gasteiger charge is 2.12. The van der Waals surface area contributed by atoms with E-state index in [0.29, 0.717) is 13.1 Å². The Hall–Kier alpha value is -2.13. The molecule has 0 aromatic heterocycles. The van der Waals surface area contributed by atoms with Gasteiger partial charge in [-0.15, -0.1) is 0 Å². The molecule has 1 amide bonds. The first kappa shape index (κ1) is 15.3. The summed E-state index contributed by atoms with van der Waals surface area (Å²) in [5, 5.41) is 2.98. The molecule has 21 heavy (non-hydrogen) atoms. The zero-order valence-electron chi connectivity index (χ0n) is 12.9. The molecule has 0 heterocycles. The van der Waals surface area contributed by atoms with Crippen LogP contribution in [0.15, 0.2) is 36.4 Å². The van der Waals surface area contributed by atoms with E-state index in [2.05, 4.69) is 5.32 Å². The first-order valence-corrected chi connectivity index (χ1v) is 7.15. The van der Waals surface area contributed by atoms with E-state index in [-0.39, 0.29) is 5.91 Å². The molecule has 0 radical (unpaired) electrons. The van der Waals surface area contributed by atoms with Crippen molar-refractivity contribution in [2.75, 3.05) is 0 Å². The summed E-state index contributed by atoms with van der Waals surface area (Å²) >= 11 is 0. The number of hydrogen-bond donors (Lipinski definition) is 2. The molecule has 0 fully saturated rings. The molecule has 0 saturated carbocycles. The third kappa shape index (κ3) is 3.70. The monoisotopic (exact) mass is 282 g/mol. The molecule has 3 heteroatoms. The Bertz CT molecular complexity index is 622. The van der Waals surface area contributed by atoms with Crippen molar-refractivity contribution in [3.63, 3.8) is 0 Å². The highest BCUT2D eigenvalue weighted by molar-refractivity contribution is 5.97. The lowest BCUT2D eigenvalue weighted by Crippen LogP contribution is -2.24. The van der Waals surface area contributed by atoms with Crippen LogP contribution in [-0.2, 0) is 13.1 Å². The zero-order chi connectivity index (χ0) is 15.4. The summed E-state index contributed by atoms with van der Waals surface area (Å²) in [6.45, 7) is 7.06. The molecule has 2 rings (SSSR count). The van der Waals surface area contributed by atoms with Crippen molar-refractivity contribution in [1.82, 2.24) is 5.32 Å².